The summed E-state index contributed by atoms with van der Waals surface area (Å²) in [6, 6.07) is 8.66. The lowest BCUT2D eigenvalue weighted by Crippen LogP contribution is -2.36. The van der Waals surface area contributed by atoms with Crippen LogP contribution in [0.2, 0.25) is 0 Å². The molecule has 1 aliphatic heterocycles. The molecule has 1 aromatic carbocycles. The minimum atomic E-state index is -0.0847. The Morgan fingerprint density at radius 2 is 2.04 bits per heavy atom. The number of carbonyl (C=O) groups is 1. The van der Waals surface area contributed by atoms with Crippen molar-refractivity contribution < 1.29 is 9.53 Å². The zero-order valence-corrected chi connectivity index (χ0v) is 14.9. The van der Waals surface area contributed by atoms with Crippen LogP contribution < -0.4 is 15.4 Å². The third-order valence-electron chi connectivity index (χ3n) is 4.56. The van der Waals surface area contributed by atoms with Gasteiger partial charge in [-0.3, -0.25) is 4.90 Å². The normalized spacial score (nSPS) is 18.2. The predicted octanol–water partition coefficient (Wildman–Crippen LogP) is 3.07. The van der Waals surface area contributed by atoms with E-state index in [-0.39, 0.29) is 6.03 Å². The molecule has 0 radical (unpaired) electrons. The minimum absolute atomic E-state index is 0.0847. The number of likely N-dealkylation sites (tertiary alicyclic amines) is 1. The molecule has 136 valence electrons. The number of rotatable bonds is 8. The number of carbonyl (C=O) groups excluding carboxylic acids is 1. The third-order valence-corrected chi connectivity index (χ3v) is 4.56. The largest absolute Gasteiger partial charge is 0.490 e. The van der Waals surface area contributed by atoms with Crippen molar-refractivity contribution in [3.8, 4) is 5.75 Å². The fourth-order valence-electron chi connectivity index (χ4n) is 3.02. The first-order valence-corrected chi connectivity index (χ1v) is 9.43. The second-order valence-corrected chi connectivity index (χ2v) is 6.90. The Bertz CT molecular complexity index is 578. The molecule has 0 atom stereocenters. The van der Waals surface area contributed by atoms with E-state index in [4.69, 9.17) is 4.74 Å². The van der Waals surface area contributed by atoms with Crippen LogP contribution in [-0.2, 0) is 6.54 Å². The smallest absolute Gasteiger partial charge is 0.315 e. The van der Waals surface area contributed by atoms with Crippen molar-refractivity contribution in [2.24, 2.45) is 0 Å². The van der Waals surface area contributed by atoms with Crippen molar-refractivity contribution in [3.05, 3.63) is 42.0 Å². The monoisotopic (exact) mass is 343 g/mol. The van der Waals surface area contributed by atoms with Crippen LogP contribution in [0.25, 0.3) is 0 Å². The number of nitrogens with zero attached hydrogens (tertiary/aromatic N) is 1. The molecule has 0 bridgehead atoms. The summed E-state index contributed by atoms with van der Waals surface area (Å²) in [6.07, 6.45) is 10.1. The second kappa shape index (κ2) is 9.47. The molecule has 1 saturated carbocycles. The summed E-state index contributed by atoms with van der Waals surface area (Å²) < 4.78 is 5.78. The van der Waals surface area contributed by atoms with Gasteiger partial charge in [0.15, 0.2) is 0 Å². The molecule has 5 nitrogen and oxygen atoms in total. The van der Waals surface area contributed by atoms with Gasteiger partial charge in [0, 0.05) is 19.1 Å². The van der Waals surface area contributed by atoms with Gasteiger partial charge in [0.2, 0.25) is 0 Å². The molecule has 2 N–H and O–H groups in total. The Hall–Kier alpha value is -2.01. The molecule has 2 fully saturated rings. The van der Waals surface area contributed by atoms with Crippen molar-refractivity contribution >= 4 is 6.03 Å². The van der Waals surface area contributed by atoms with E-state index in [0.717, 1.165) is 25.1 Å². The molecule has 1 aliphatic carbocycles. The van der Waals surface area contributed by atoms with Gasteiger partial charge in [0.25, 0.3) is 0 Å². The molecule has 25 heavy (non-hydrogen) atoms. The molecule has 3 rings (SSSR count). The third kappa shape index (κ3) is 6.78. The van der Waals surface area contributed by atoms with E-state index in [1.54, 1.807) is 0 Å². The van der Waals surface area contributed by atoms with Crippen LogP contribution in [0, 0.1) is 0 Å². The first kappa shape index (κ1) is 17.8. The van der Waals surface area contributed by atoms with Crippen molar-refractivity contribution in [1.29, 1.82) is 0 Å². The molecule has 0 aromatic heterocycles. The van der Waals surface area contributed by atoms with E-state index in [1.807, 2.05) is 18.2 Å². The van der Waals surface area contributed by atoms with Crippen LogP contribution in [0.15, 0.2) is 36.4 Å². The Morgan fingerprint density at radius 3 is 2.84 bits per heavy atom. The van der Waals surface area contributed by atoms with Gasteiger partial charge >= 0.3 is 6.03 Å². The Morgan fingerprint density at radius 1 is 1.20 bits per heavy atom. The molecule has 0 unspecified atom stereocenters. The summed E-state index contributed by atoms with van der Waals surface area (Å²) >= 11 is 0. The fourth-order valence-corrected chi connectivity index (χ4v) is 3.02. The number of piperidine rings is 1. The second-order valence-electron chi connectivity index (χ2n) is 6.90. The molecule has 5 heteroatoms. The van der Waals surface area contributed by atoms with E-state index in [2.05, 4.69) is 33.7 Å². The topological polar surface area (TPSA) is 53.6 Å². The fraction of sp³-hybridized carbons (Fsp3) is 0.550. The van der Waals surface area contributed by atoms with E-state index >= 15 is 0 Å². The first-order chi connectivity index (χ1) is 12.3. The molecule has 0 spiro atoms. The Kier molecular flexibility index (Phi) is 6.74. The van der Waals surface area contributed by atoms with Crippen molar-refractivity contribution in [2.75, 3.05) is 26.2 Å². The number of amides is 2. The highest BCUT2D eigenvalue weighted by Gasteiger charge is 2.22. The molecule has 1 aromatic rings. The highest BCUT2D eigenvalue weighted by molar-refractivity contribution is 5.74. The van der Waals surface area contributed by atoms with Gasteiger partial charge < -0.3 is 15.4 Å². The lowest BCUT2D eigenvalue weighted by molar-refractivity contribution is 0.220. The predicted molar refractivity (Wildman–Crippen MR) is 99.8 cm³/mol. The summed E-state index contributed by atoms with van der Waals surface area (Å²) in [5.41, 5.74) is 1.31. The number of benzene rings is 1. The van der Waals surface area contributed by atoms with Crippen LogP contribution >= 0.6 is 0 Å². The number of nitrogens with one attached hydrogen (secondary N) is 2. The Labute approximate surface area is 150 Å². The molecular weight excluding hydrogens is 314 g/mol. The lowest BCUT2D eigenvalue weighted by Gasteiger charge is -2.26. The average Bonchev–Trinajstić information content (AvgIpc) is 3.43. The number of urea groups is 1. The van der Waals surface area contributed by atoms with Crippen molar-refractivity contribution in [3.63, 3.8) is 0 Å². The zero-order valence-electron chi connectivity index (χ0n) is 14.9. The summed E-state index contributed by atoms with van der Waals surface area (Å²) in [6.45, 7) is 4.45. The highest BCUT2D eigenvalue weighted by Crippen LogP contribution is 2.18. The molecule has 1 heterocycles. The van der Waals surface area contributed by atoms with Gasteiger partial charge in [-0.15, -0.1) is 0 Å². The Balaban J connectivity index is 1.33. The van der Waals surface area contributed by atoms with Crippen molar-refractivity contribution in [1.82, 2.24) is 15.5 Å². The molecule has 1 saturated heterocycles. The van der Waals surface area contributed by atoms with Crippen LogP contribution in [0.5, 0.6) is 5.75 Å². The van der Waals surface area contributed by atoms with Gasteiger partial charge in [-0.05, 0) is 62.5 Å². The quantitative estimate of drug-likeness (QED) is 0.713. The van der Waals surface area contributed by atoms with Gasteiger partial charge in [-0.25, -0.2) is 4.79 Å². The summed E-state index contributed by atoms with van der Waals surface area (Å²) in [5.74, 6) is 0.901. The maximum absolute atomic E-state index is 11.5. The van der Waals surface area contributed by atoms with Crippen LogP contribution in [0.3, 0.4) is 0 Å². The number of hydrogen-bond donors (Lipinski definition) is 2. The van der Waals surface area contributed by atoms with Crippen LogP contribution in [0.1, 0.15) is 37.7 Å². The van der Waals surface area contributed by atoms with Gasteiger partial charge in [0.05, 0.1) is 0 Å². The molecule has 2 aliphatic rings. The van der Waals surface area contributed by atoms with Crippen molar-refractivity contribution in [2.45, 2.75) is 44.7 Å². The van der Waals surface area contributed by atoms with E-state index in [0.29, 0.717) is 19.2 Å². The lowest BCUT2D eigenvalue weighted by atomic mass is 10.1. The maximum Gasteiger partial charge on any atom is 0.315 e. The minimum Gasteiger partial charge on any atom is -0.490 e. The van der Waals surface area contributed by atoms with E-state index in [9.17, 15) is 4.79 Å². The highest BCUT2D eigenvalue weighted by atomic mass is 16.5. The van der Waals surface area contributed by atoms with Gasteiger partial charge in [0.1, 0.15) is 12.4 Å². The first-order valence-electron chi connectivity index (χ1n) is 9.43. The maximum atomic E-state index is 11.5. The summed E-state index contributed by atoms with van der Waals surface area (Å²) in [5, 5.41) is 5.70. The van der Waals surface area contributed by atoms with E-state index < -0.39 is 0 Å². The number of hydrogen-bond acceptors (Lipinski definition) is 3. The molecular formula is C20H29N3O2. The zero-order chi connectivity index (χ0) is 17.3. The summed E-state index contributed by atoms with van der Waals surface area (Å²) in [4.78, 5) is 14.0. The van der Waals surface area contributed by atoms with Crippen LogP contribution in [0.4, 0.5) is 4.79 Å². The summed E-state index contributed by atoms with van der Waals surface area (Å²) in [7, 11) is 0. The SMILES string of the molecule is O=C(NC/C=C/COc1cccc(CN2CCCCC2)c1)NC1CC1. The van der Waals surface area contributed by atoms with Gasteiger partial charge in [-0.2, -0.15) is 0 Å². The average molecular weight is 343 g/mol. The number of ether oxygens (including phenoxy) is 1. The van der Waals surface area contributed by atoms with Crippen LogP contribution in [-0.4, -0.2) is 43.2 Å². The van der Waals surface area contributed by atoms with Gasteiger partial charge in [-0.1, -0.05) is 24.6 Å². The van der Waals surface area contributed by atoms with E-state index in [1.165, 1.54) is 37.9 Å². The molecule has 2 amide bonds. The standard InChI is InChI=1S/C20H29N3O2/c24-20(22-18-9-10-18)21-11-2-5-14-25-19-8-6-7-17(15-19)16-23-12-3-1-4-13-23/h2,5-8,15,18H,1,3-4,9-14,16H2,(H2,21,22,24)/b5-2+.